The van der Waals surface area contributed by atoms with Gasteiger partial charge in [0.2, 0.25) is 0 Å². The lowest BCUT2D eigenvalue weighted by Crippen LogP contribution is -2.28. The largest absolute Gasteiger partial charge is 0.313 e. The first-order valence-corrected chi connectivity index (χ1v) is 6.75. The van der Waals surface area contributed by atoms with Crippen LogP contribution in [0.1, 0.15) is 24.0 Å². The van der Waals surface area contributed by atoms with Gasteiger partial charge in [0.15, 0.2) is 0 Å². The first kappa shape index (κ1) is 12.1. The summed E-state index contributed by atoms with van der Waals surface area (Å²) in [5.41, 5.74) is 2.64. The molecule has 1 aliphatic carbocycles. The van der Waals surface area contributed by atoms with Crippen molar-refractivity contribution in [3.05, 3.63) is 33.8 Å². The van der Waals surface area contributed by atoms with Crippen LogP contribution in [0.25, 0.3) is 0 Å². The van der Waals surface area contributed by atoms with E-state index < -0.39 is 0 Å². The molecule has 3 heteroatoms. The van der Waals surface area contributed by atoms with E-state index in [-0.39, 0.29) is 0 Å². The Bertz CT molecular complexity index is 348. The third-order valence-corrected chi connectivity index (χ3v) is 4.03. The highest BCUT2D eigenvalue weighted by atomic mass is 79.9. The minimum absolute atomic E-state index is 0.813. The predicted molar refractivity (Wildman–Crippen MR) is 71.6 cm³/mol. The number of rotatable bonds is 6. The summed E-state index contributed by atoms with van der Waals surface area (Å²) >= 11 is 3.63. The van der Waals surface area contributed by atoms with Gasteiger partial charge in [-0.25, -0.2) is 0 Å². The van der Waals surface area contributed by atoms with Gasteiger partial charge in [-0.05, 0) is 30.9 Å². The Kier molecular flexibility index (Phi) is 4.38. The Morgan fingerprint density at radius 2 is 2.12 bits per heavy atom. The molecular weight excluding hydrogens is 264 g/mol. The van der Waals surface area contributed by atoms with Crippen LogP contribution in [-0.2, 0) is 6.54 Å². The second kappa shape index (κ2) is 5.80. The fraction of sp³-hybridized carbons (Fsp3) is 0.538. The lowest BCUT2D eigenvalue weighted by atomic mass is 10.1. The SMILES string of the molecule is Cc1cccc(CNCCNC2CC2)c1Br. The van der Waals surface area contributed by atoms with Crippen LogP contribution >= 0.6 is 15.9 Å². The van der Waals surface area contributed by atoms with Crippen LogP contribution in [0.2, 0.25) is 0 Å². The molecule has 2 rings (SSSR count). The van der Waals surface area contributed by atoms with E-state index in [4.69, 9.17) is 0 Å². The van der Waals surface area contributed by atoms with Gasteiger partial charge in [0.1, 0.15) is 0 Å². The number of hydrogen-bond acceptors (Lipinski definition) is 2. The molecule has 1 fully saturated rings. The van der Waals surface area contributed by atoms with E-state index in [0.29, 0.717) is 0 Å². The van der Waals surface area contributed by atoms with Gasteiger partial charge in [-0.2, -0.15) is 0 Å². The third kappa shape index (κ3) is 3.58. The maximum Gasteiger partial charge on any atom is 0.0249 e. The molecule has 0 saturated heterocycles. The molecule has 0 unspecified atom stereocenters. The van der Waals surface area contributed by atoms with Crippen molar-refractivity contribution in [1.29, 1.82) is 0 Å². The molecule has 2 nitrogen and oxygen atoms in total. The van der Waals surface area contributed by atoms with Crippen molar-refractivity contribution in [2.24, 2.45) is 0 Å². The average molecular weight is 283 g/mol. The minimum Gasteiger partial charge on any atom is -0.313 e. The van der Waals surface area contributed by atoms with Crippen LogP contribution in [0.5, 0.6) is 0 Å². The Morgan fingerprint density at radius 1 is 1.31 bits per heavy atom. The molecule has 88 valence electrons. The first-order chi connectivity index (χ1) is 7.77. The Labute approximate surface area is 106 Å². The molecule has 1 aromatic carbocycles. The molecule has 0 bridgehead atoms. The van der Waals surface area contributed by atoms with E-state index in [1.807, 2.05) is 0 Å². The van der Waals surface area contributed by atoms with E-state index in [0.717, 1.165) is 25.7 Å². The first-order valence-electron chi connectivity index (χ1n) is 5.95. The normalized spacial score (nSPS) is 15.4. The molecule has 0 atom stereocenters. The summed E-state index contributed by atoms with van der Waals surface area (Å²) in [5, 5.41) is 6.96. The Balaban J connectivity index is 1.69. The highest BCUT2D eigenvalue weighted by molar-refractivity contribution is 9.10. The summed E-state index contributed by atoms with van der Waals surface area (Å²) in [6.45, 7) is 5.18. The predicted octanol–water partition coefficient (Wildman–Crippen LogP) is 2.60. The second-order valence-electron chi connectivity index (χ2n) is 4.45. The van der Waals surface area contributed by atoms with Gasteiger partial charge in [0, 0.05) is 30.1 Å². The van der Waals surface area contributed by atoms with E-state index in [1.54, 1.807) is 0 Å². The van der Waals surface area contributed by atoms with Gasteiger partial charge in [-0.3, -0.25) is 0 Å². The maximum absolute atomic E-state index is 3.63. The summed E-state index contributed by atoms with van der Waals surface area (Å²) in [7, 11) is 0. The number of halogens is 1. The van der Waals surface area contributed by atoms with Crippen molar-refractivity contribution in [3.8, 4) is 0 Å². The summed E-state index contributed by atoms with van der Waals surface area (Å²) in [4.78, 5) is 0. The van der Waals surface area contributed by atoms with Crippen molar-refractivity contribution in [2.45, 2.75) is 32.4 Å². The zero-order chi connectivity index (χ0) is 11.4. The zero-order valence-corrected chi connectivity index (χ0v) is 11.3. The van der Waals surface area contributed by atoms with Gasteiger partial charge in [-0.15, -0.1) is 0 Å². The molecule has 0 aromatic heterocycles. The van der Waals surface area contributed by atoms with Crippen molar-refractivity contribution in [3.63, 3.8) is 0 Å². The van der Waals surface area contributed by atoms with Crippen LogP contribution < -0.4 is 10.6 Å². The standard InChI is InChI=1S/C13H19BrN2/c1-10-3-2-4-11(13(10)14)9-15-7-8-16-12-5-6-12/h2-4,12,15-16H,5-9H2,1H3. The third-order valence-electron chi connectivity index (χ3n) is 2.90. The molecule has 16 heavy (non-hydrogen) atoms. The average Bonchev–Trinajstić information content (AvgIpc) is 3.07. The van der Waals surface area contributed by atoms with Crippen molar-refractivity contribution >= 4 is 15.9 Å². The molecule has 1 aromatic rings. The lowest BCUT2D eigenvalue weighted by molar-refractivity contribution is 0.608. The van der Waals surface area contributed by atoms with E-state index in [2.05, 4.69) is 51.7 Å². The molecular formula is C13H19BrN2. The van der Waals surface area contributed by atoms with Crippen molar-refractivity contribution in [2.75, 3.05) is 13.1 Å². The number of hydrogen-bond donors (Lipinski definition) is 2. The molecule has 0 spiro atoms. The van der Waals surface area contributed by atoms with E-state index in [9.17, 15) is 0 Å². The highest BCUT2D eigenvalue weighted by Crippen LogP contribution is 2.20. The van der Waals surface area contributed by atoms with Crippen molar-refractivity contribution < 1.29 is 0 Å². The van der Waals surface area contributed by atoms with Gasteiger partial charge >= 0.3 is 0 Å². The Hall–Kier alpha value is -0.380. The van der Waals surface area contributed by atoms with Crippen molar-refractivity contribution in [1.82, 2.24) is 10.6 Å². The van der Waals surface area contributed by atoms with Gasteiger partial charge < -0.3 is 10.6 Å². The molecule has 1 aliphatic rings. The fourth-order valence-corrected chi connectivity index (χ4v) is 2.12. The zero-order valence-electron chi connectivity index (χ0n) is 9.72. The summed E-state index contributed by atoms with van der Waals surface area (Å²) in [6, 6.07) is 7.22. The summed E-state index contributed by atoms with van der Waals surface area (Å²) < 4.78 is 1.23. The van der Waals surface area contributed by atoms with E-state index in [1.165, 1.54) is 28.4 Å². The van der Waals surface area contributed by atoms with Gasteiger partial charge in [0.05, 0.1) is 0 Å². The molecule has 2 N–H and O–H groups in total. The maximum atomic E-state index is 3.63. The summed E-state index contributed by atoms with van der Waals surface area (Å²) in [6.07, 6.45) is 2.73. The smallest absolute Gasteiger partial charge is 0.0249 e. The molecule has 0 aliphatic heterocycles. The molecule has 0 amide bonds. The second-order valence-corrected chi connectivity index (χ2v) is 5.25. The van der Waals surface area contributed by atoms with Crippen LogP contribution in [0.4, 0.5) is 0 Å². The molecule has 0 heterocycles. The number of aryl methyl sites for hydroxylation is 1. The molecule has 0 radical (unpaired) electrons. The van der Waals surface area contributed by atoms with E-state index >= 15 is 0 Å². The van der Waals surface area contributed by atoms with Crippen LogP contribution in [0.3, 0.4) is 0 Å². The fourth-order valence-electron chi connectivity index (χ4n) is 1.72. The summed E-state index contributed by atoms with van der Waals surface area (Å²) in [5.74, 6) is 0. The van der Waals surface area contributed by atoms with Gasteiger partial charge in [0.25, 0.3) is 0 Å². The topological polar surface area (TPSA) is 24.1 Å². The minimum atomic E-state index is 0.813. The number of nitrogens with one attached hydrogen (secondary N) is 2. The van der Waals surface area contributed by atoms with Crippen LogP contribution in [0.15, 0.2) is 22.7 Å². The highest BCUT2D eigenvalue weighted by Gasteiger charge is 2.19. The number of benzene rings is 1. The van der Waals surface area contributed by atoms with Crippen LogP contribution in [0, 0.1) is 6.92 Å². The van der Waals surface area contributed by atoms with Gasteiger partial charge in [-0.1, -0.05) is 34.1 Å². The monoisotopic (exact) mass is 282 g/mol. The Morgan fingerprint density at radius 3 is 2.88 bits per heavy atom. The molecule has 1 saturated carbocycles. The quantitative estimate of drug-likeness (QED) is 0.784. The lowest BCUT2D eigenvalue weighted by Gasteiger charge is -2.09. The van der Waals surface area contributed by atoms with Crippen LogP contribution in [-0.4, -0.2) is 19.1 Å².